The first-order chi connectivity index (χ1) is 13.9. The van der Waals surface area contributed by atoms with Crippen molar-refractivity contribution in [3.8, 4) is 22.9 Å². The van der Waals surface area contributed by atoms with Gasteiger partial charge in [-0.05, 0) is 36.0 Å². The number of hydrogen-bond donors (Lipinski definition) is 1. The molecule has 160 valence electrons. The molecule has 0 amide bonds. The molecule has 1 unspecified atom stereocenters. The summed E-state index contributed by atoms with van der Waals surface area (Å²) in [6, 6.07) is 8.15. The molecule has 0 aliphatic carbocycles. The third-order valence-electron chi connectivity index (χ3n) is 5.34. The number of benzene rings is 1. The Labute approximate surface area is 181 Å². The molecule has 0 spiro atoms. The van der Waals surface area contributed by atoms with Crippen molar-refractivity contribution in [3.63, 3.8) is 0 Å². The number of aromatic nitrogens is 1. The van der Waals surface area contributed by atoms with Crippen LogP contribution in [0.3, 0.4) is 0 Å². The molecule has 0 saturated carbocycles. The molecule has 6 nitrogen and oxygen atoms in total. The lowest BCUT2D eigenvalue weighted by atomic mass is 9.69. The second-order valence-corrected chi connectivity index (χ2v) is 9.22. The molecule has 1 aromatic heterocycles. The van der Waals surface area contributed by atoms with E-state index in [4.69, 9.17) is 16.3 Å². The molecule has 1 N–H and O–H groups in total. The smallest absolute Gasteiger partial charge is 0.330 e. The van der Waals surface area contributed by atoms with E-state index in [-0.39, 0.29) is 18.1 Å². The van der Waals surface area contributed by atoms with Gasteiger partial charge in [-0.2, -0.15) is 5.26 Å². The fourth-order valence-electron chi connectivity index (χ4n) is 3.89. The van der Waals surface area contributed by atoms with E-state index in [1.165, 1.54) is 23.9 Å². The quantitative estimate of drug-likeness (QED) is 0.702. The maximum absolute atomic E-state index is 13.3. The molecule has 0 saturated heterocycles. The summed E-state index contributed by atoms with van der Waals surface area (Å²) in [5, 5.41) is 20.2. The zero-order valence-corrected chi connectivity index (χ0v) is 18.9. The number of nitriles is 1. The summed E-state index contributed by atoms with van der Waals surface area (Å²) in [7, 11) is 1.44. The molecule has 0 radical (unpaired) electrons. The molecule has 1 heterocycles. The molecule has 0 aliphatic rings. The van der Waals surface area contributed by atoms with Gasteiger partial charge in [-0.3, -0.25) is 9.36 Å². The highest BCUT2D eigenvalue weighted by Crippen LogP contribution is 2.43. The third-order valence-corrected chi connectivity index (χ3v) is 5.57. The first-order valence-corrected chi connectivity index (χ1v) is 10.0. The van der Waals surface area contributed by atoms with Crippen LogP contribution in [0.5, 0.6) is 5.75 Å². The lowest BCUT2D eigenvalue weighted by molar-refractivity contribution is -0.156. The van der Waals surface area contributed by atoms with Crippen LogP contribution in [0.15, 0.2) is 35.3 Å². The fraction of sp³-hybridized carbons (Fsp3) is 0.435. The van der Waals surface area contributed by atoms with Crippen LogP contribution in [-0.4, -0.2) is 22.8 Å². The van der Waals surface area contributed by atoms with E-state index >= 15 is 0 Å². The van der Waals surface area contributed by atoms with Crippen molar-refractivity contribution in [1.29, 1.82) is 5.26 Å². The van der Waals surface area contributed by atoms with Gasteiger partial charge in [0.2, 0.25) is 0 Å². The number of carboxylic acids is 1. The topological polar surface area (TPSA) is 92.3 Å². The van der Waals surface area contributed by atoms with Crippen molar-refractivity contribution in [1.82, 2.24) is 4.57 Å². The van der Waals surface area contributed by atoms with Crippen molar-refractivity contribution in [3.05, 3.63) is 51.4 Å². The summed E-state index contributed by atoms with van der Waals surface area (Å²) in [6.45, 7) is 9.26. The highest BCUT2D eigenvalue weighted by atomic mass is 35.5. The van der Waals surface area contributed by atoms with Gasteiger partial charge < -0.3 is 9.84 Å². The van der Waals surface area contributed by atoms with Crippen molar-refractivity contribution in [2.75, 3.05) is 7.11 Å². The Morgan fingerprint density at radius 1 is 1.27 bits per heavy atom. The fourth-order valence-corrected chi connectivity index (χ4v) is 4.06. The molecule has 0 fully saturated rings. The SMILES string of the molecule is COc1cn(C(CC(C)C)(C(=O)O)C(C)(C)C)c(=O)cc1-c1cc(Cl)ccc1C#N. The normalized spacial score (nSPS) is 13.6. The minimum atomic E-state index is -1.49. The summed E-state index contributed by atoms with van der Waals surface area (Å²) >= 11 is 6.11. The van der Waals surface area contributed by atoms with E-state index in [0.717, 1.165) is 0 Å². The van der Waals surface area contributed by atoms with Crippen LogP contribution in [0.4, 0.5) is 0 Å². The Morgan fingerprint density at radius 3 is 2.37 bits per heavy atom. The Kier molecular flexibility index (Phi) is 6.68. The number of rotatable bonds is 6. The van der Waals surface area contributed by atoms with Gasteiger partial charge in [-0.15, -0.1) is 0 Å². The van der Waals surface area contributed by atoms with E-state index in [0.29, 0.717) is 21.7 Å². The van der Waals surface area contributed by atoms with Crippen molar-refractivity contribution in [2.45, 2.75) is 46.6 Å². The van der Waals surface area contributed by atoms with Gasteiger partial charge in [-0.1, -0.05) is 46.2 Å². The van der Waals surface area contributed by atoms with Gasteiger partial charge >= 0.3 is 5.97 Å². The maximum atomic E-state index is 13.3. The first kappa shape index (κ1) is 23.5. The Bertz CT molecular complexity index is 1060. The van der Waals surface area contributed by atoms with E-state index in [1.54, 1.807) is 39.0 Å². The molecular weight excluding hydrogens is 404 g/mol. The molecule has 30 heavy (non-hydrogen) atoms. The predicted octanol–water partition coefficient (Wildman–Crippen LogP) is 4.92. The van der Waals surface area contributed by atoms with E-state index in [2.05, 4.69) is 6.07 Å². The second kappa shape index (κ2) is 8.53. The molecular formula is C23H27ClN2O4. The van der Waals surface area contributed by atoms with Crippen LogP contribution >= 0.6 is 11.6 Å². The van der Waals surface area contributed by atoms with Crippen LogP contribution in [0.2, 0.25) is 5.02 Å². The summed E-state index contributed by atoms with van der Waals surface area (Å²) in [5.41, 5.74) is -1.59. The number of aliphatic carboxylic acids is 1. The van der Waals surface area contributed by atoms with Crippen molar-refractivity contribution < 1.29 is 14.6 Å². The molecule has 2 aromatic rings. The molecule has 2 rings (SSSR count). The number of carbonyl (C=O) groups is 1. The summed E-state index contributed by atoms with van der Waals surface area (Å²) < 4.78 is 6.78. The minimum Gasteiger partial charge on any atom is -0.495 e. The van der Waals surface area contributed by atoms with Gasteiger partial charge in [0, 0.05) is 22.2 Å². The van der Waals surface area contributed by atoms with Crippen molar-refractivity contribution >= 4 is 17.6 Å². The van der Waals surface area contributed by atoms with E-state index < -0.39 is 22.5 Å². The molecule has 0 bridgehead atoms. The van der Waals surface area contributed by atoms with Gasteiger partial charge in [-0.25, -0.2) is 4.79 Å². The highest BCUT2D eigenvalue weighted by molar-refractivity contribution is 6.31. The first-order valence-electron chi connectivity index (χ1n) is 9.63. The number of ether oxygens (including phenoxy) is 1. The summed E-state index contributed by atoms with van der Waals surface area (Å²) in [6.07, 6.45) is 1.69. The zero-order valence-electron chi connectivity index (χ0n) is 18.1. The summed E-state index contributed by atoms with van der Waals surface area (Å²) in [4.78, 5) is 25.9. The Hall–Kier alpha value is -2.78. The highest BCUT2D eigenvalue weighted by Gasteiger charge is 2.51. The van der Waals surface area contributed by atoms with Crippen LogP contribution in [0, 0.1) is 22.7 Å². The number of carboxylic acid groups (broad SMARTS) is 1. The van der Waals surface area contributed by atoms with Gasteiger partial charge in [0.1, 0.15) is 11.3 Å². The molecule has 1 aromatic carbocycles. The van der Waals surface area contributed by atoms with Crippen LogP contribution in [0.25, 0.3) is 11.1 Å². The molecule has 1 atom stereocenters. The molecule has 7 heteroatoms. The standard InChI is InChI=1S/C23H27ClN2O4/c1-14(2)11-23(21(28)29,22(3,4)5)26-13-19(30-6)18(10-20(26)27)17-9-16(24)8-7-15(17)12-25/h7-10,13-14H,11H2,1-6H3,(H,28,29). The Balaban J connectivity index is 2.91. The number of nitrogens with zero attached hydrogens (tertiary/aromatic N) is 2. The second-order valence-electron chi connectivity index (χ2n) is 8.78. The number of hydrogen-bond acceptors (Lipinski definition) is 4. The van der Waals surface area contributed by atoms with Crippen LogP contribution in [0.1, 0.15) is 46.6 Å². The Morgan fingerprint density at radius 2 is 1.90 bits per heavy atom. The number of halogens is 1. The predicted molar refractivity (Wildman–Crippen MR) is 117 cm³/mol. The van der Waals surface area contributed by atoms with E-state index in [1.807, 2.05) is 13.8 Å². The van der Waals surface area contributed by atoms with Crippen LogP contribution < -0.4 is 10.3 Å². The van der Waals surface area contributed by atoms with Gasteiger partial charge in [0.15, 0.2) is 0 Å². The largest absolute Gasteiger partial charge is 0.495 e. The van der Waals surface area contributed by atoms with Crippen molar-refractivity contribution in [2.24, 2.45) is 11.3 Å². The maximum Gasteiger partial charge on any atom is 0.330 e. The lowest BCUT2D eigenvalue weighted by Crippen LogP contribution is -2.56. The minimum absolute atomic E-state index is 0.0241. The average Bonchev–Trinajstić information content (AvgIpc) is 2.64. The van der Waals surface area contributed by atoms with Gasteiger partial charge in [0.25, 0.3) is 5.56 Å². The molecule has 0 aliphatic heterocycles. The lowest BCUT2D eigenvalue weighted by Gasteiger charge is -2.43. The number of pyridine rings is 1. The monoisotopic (exact) mass is 430 g/mol. The third kappa shape index (κ3) is 4.08. The number of methoxy groups -OCH3 is 1. The van der Waals surface area contributed by atoms with Gasteiger partial charge in [0.05, 0.1) is 24.9 Å². The summed E-state index contributed by atoms with van der Waals surface area (Å²) in [5.74, 6) is -0.774. The van der Waals surface area contributed by atoms with E-state index in [9.17, 15) is 20.0 Å². The van der Waals surface area contributed by atoms with Crippen LogP contribution in [-0.2, 0) is 10.3 Å². The average molecular weight is 431 g/mol. The zero-order chi connectivity index (χ0) is 22.9.